The third-order valence-corrected chi connectivity index (χ3v) is 3.68. The first kappa shape index (κ1) is 13.9. The molecule has 0 aromatic carbocycles. The summed E-state index contributed by atoms with van der Waals surface area (Å²) in [6, 6.07) is 0. The van der Waals surface area contributed by atoms with Gasteiger partial charge in [-0.2, -0.15) is 0 Å². The first-order valence-corrected chi connectivity index (χ1v) is 5.94. The summed E-state index contributed by atoms with van der Waals surface area (Å²) in [6.45, 7) is 1.99. The largest absolute Gasteiger partial charge is 0.393 e. The van der Waals surface area contributed by atoms with Crippen molar-refractivity contribution in [2.24, 2.45) is 5.92 Å². The zero-order valence-corrected chi connectivity index (χ0v) is 10.7. The third kappa shape index (κ3) is 2.94. The Bertz CT molecular complexity index is 197. The maximum absolute atomic E-state index is 9.98. The van der Waals surface area contributed by atoms with E-state index in [2.05, 4.69) is 0 Å². The summed E-state index contributed by atoms with van der Waals surface area (Å²) >= 11 is 0. The van der Waals surface area contributed by atoms with Gasteiger partial charge < -0.3 is 19.3 Å². The fraction of sp³-hybridized carbons (Fsp3) is 1.00. The van der Waals surface area contributed by atoms with Gasteiger partial charge in [0.25, 0.3) is 0 Å². The zero-order valence-electron chi connectivity index (χ0n) is 10.7. The Hall–Kier alpha value is -0.160. The molecule has 1 N–H and O–H groups in total. The van der Waals surface area contributed by atoms with Crippen LogP contribution in [-0.4, -0.2) is 50.9 Å². The van der Waals surface area contributed by atoms with Crippen LogP contribution in [0.15, 0.2) is 0 Å². The molecule has 4 heteroatoms. The van der Waals surface area contributed by atoms with Gasteiger partial charge in [0.15, 0.2) is 0 Å². The van der Waals surface area contributed by atoms with Crippen LogP contribution in [0.25, 0.3) is 0 Å². The van der Waals surface area contributed by atoms with Gasteiger partial charge in [-0.25, -0.2) is 0 Å². The normalized spacial score (nSPS) is 37.3. The van der Waals surface area contributed by atoms with E-state index in [0.29, 0.717) is 0 Å². The van der Waals surface area contributed by atoms with Crippen molar-refractivity contribution in [2.75, 3.05) is 21.3 Å². The first-order valence-electron chi connectivity index (χ1n) is 5.94. The van der Waals surface area contributed by atoms with Crippen molar-refractivity contribution in [1.82, 2.24) is 0 Å². The second-order valence-electron chi connectivity index (χ2n) is 4.43. The molecule has 0 saturated heterocycles. The van der Waals surface area contributed by atoms with Crippen LogP contribution in [0.5, 0.6) is 0 Å². The molecule has 1 aliphatic rings. The Kier molecular flexibility index (Phi) is 5.69. The van der Waals surface area contributed by atoms with Gasteiger partial charge in [-0.1, -0.05) is 6.92 Å². The lowest BCUT2D eigenvalue weighted by Crippen LogP contribution is -2.48. The molecule has 0 aromatic heterocycles. The van der Waals surface area contributed by atoms with Gasteiger partial charge in [0.05, 0.1) is 24.4 Å². The average molecular weight is 232 g/mol. The minimum atomic E-state index is -0.319. The maximum Gasteiger partial charge on any atom is 0.0857 e. The summed E-state index contributed by atoms with van der Waals surface area (Å²) in [7, 11) is 5.08. The van der Waals surface area contributed by atoms with E-state index in [1.807, 2.05) is 6.92 Å². The van der Waals surface area contributed by atoms with E-state index in [9.17, 15) is 5.11 Å². The first-order chi connectivity index (χ1) is 7.67. The summed E-state index contributed by atoms with van der Waals surface area (Å²) in [5.41, 5.74) is 0. The van der Waals surface area contributed by atoms with Crippen molar-refractivity contribution in [3.63, 3.8) is 0 Å². The lowest BCUT2D eigenvalue weighted by molar-refractivity contribution is -0.137. The van der Waals surface area contributed by atoms with E-state index in [1.54, 1.807) is 21.3 Å². The SMILES string of the molecule is CCC(O)C1CC(OC)C(OC)CC1OC. The van der Waals surface area contributed by atoms with Gasteiger partial charge in [0.1, 0.15) is 0 Å². The summed E-state index contributed by atoms with van der Waals surface area (Å²) in [6.07, 6.45) is 2.19. The molecule has 1 rings (SSSR count). The van der Waals surface area contributed by atoms with Gasteiger partial charge in [-0.3, -0.25) is 0 Å². The predicted molar refractivity (Wildman–Crippen MR) is 61.4 cm³/mol. The van der Waals surface area contributed by atoms with Crippen LogP contribution in [0.1, 0.15) is 26.2 Å². The monoisotopic (exact) mass is 232 g/mol. The van der Waals surface area contributed by atoms with Crippen LogP contribution < -0.4 is 0 Å². The van der Waals surface area contributed by atoms with Crippen LogP contribution in [0.2, 0.25) is 0 Å². The van der Waals surface area contributed by atoms with Gasteiger partial charge in [-0.15, -0.1) is 0 Å². The van der Waals surface area contributed by atoms with Crippen molar-refractivity contribution < 1.29 is 19.3 Å². The Morgan fingerprint density at radius 2 is 1.50 bits per heavy atom. The molecule has 1 saturated carbocycles. The van der Waals surface area contributed by atoms with E-state index in [-0.39, 0.29) is 30.3 Å². The molecule has 0 radical (unpaired) electrons. The highest BCUT2D eigenvalue weighted by Gasteiger charge is 2.40. The molecule has 1 aliphatic carbocycles. The van der Waals surface area contributed by atoms with Crippen molar-refractivity contribution >= 4 is 0 Å². The topological polar surface area (TPSA) is 47.9 Å². The Morgan fingerprint density at radius 1 is 1.00 bits per heavy atom. The van der Waals surface area contributed by atoms with Crippen molar-refractivity contribution in [1.29, 1.82) is 0 Å². The minimum absolute atomic E-state index is 0.0580. The van der Waals surface area contributed by atoms with E-state index < -0.39 is 0 Å². The summed E-state index contributed by atoms with van der Waals surface area (Å²) in [4.78, 5) is 0. The number of aliphatic hydroxyl groups is 1. The molecule has 1 fully saturated rings. The number of rotatable bonds is 5. The number of aliphatic hydroxyl groups excluding tert-OH is 1. The van der Waals surface area contributed by atoms with Crippen LogP contribution in [0.3, 0.4) is 0 Å². The Balaban J connectivity index is 2.70. The number of hydrogen-bond donors (Lipinski definition) is 1. The highest BCUT2D eigenvalue weighted by atomic mass is 16.5. The number of methoxy groups -OCH3 is 3. The quantitative estimate of drug-likeness (QED) is 0.774. The standard InChI is InChI=1S/C12H24O4/c1-5-9(13)8-6-11(15-3)12(16-4)7-10(8)14-2/h8-13H,5-7H2,1-4H3. The van der Waals surface area contributed by atoms with Crippen LogP contribution in [0, 0.1) is 5.92 Å². The van der Waals surface area contributed by atoms with Crippen molar-refractivity contribution in [3.05, 3.63) is 0 Å². The fourth-order valence-corrected chi connectivity index (χ4v) is 2.60. The third-order valence-electron chi connectivity index (χ3n) is 3.68. The summed E-state index contributed by atoms with van der Waals surface area (Å²) in [5, 5.41) is 9.98. The molecule has 0 spiro atoms. The zero-order chi connectivity index (χ0) is 12.1. The van der Waals surface area contributed by atoms with E-state index in [4.69, 9.17) is 14.2 Å². The molecule has 0 amide bonds. The molecule has 0 aliphatic heterocycles. The molecule has 0 aromatic rings. The molecule has 96 valence electrons. The Labute approximate surface area is 97.9 Å². The lowest BCUT2D eigenvalue weighted by atomic mass is 9.78. The van der Waals surface area contributed by atoms with Gasteiger partial charge in [0, 0.05) is 33.7 Å². The van der Waals surface area contributed by atoms with E-state index in [0.717, 1.165) is 19.3 Å². The molecule has 5 atom stereocenters. The summed E-state index contributed by atoms with van der Waals surface area (Å²) < 4.78 is 16.3. The van der Waals surface area contributed by atoms with Crippen LogP contribution in [0.4, 0.5) is 0 Å². The molecule has 16 heavy (non-hydrogen) atoms. The molecule has 4 nitrogen and oxygen atoms in total. The highest BCUT2D eigenvalue weighted by molar-refractivity contribution is 4.90. The van der Waals surface area contributed by atoms with Crippen LogP contribution in [-0.2, 0) is 14.2 Å². The number of hydrogen-bond acceptors (Lipinski definition) is 4. The lowest BCUT2D eigenvalue weighted by Gasteiger charge is -2.41. The Morgan fingerprint density at radius 3 is 1.94 bits per heavy atom. The van der Waals surface area contributed by atoms with Crippen molar-refractivity contribution in [2.45, 2.75) is 50.6 Å². The van der Waals surface area contributed by atoms with Crippen molar-refractivity contribution in [3.8, 4) is 0 Å². The summed E-state index contributed by atoms with van der Waals surface area (Å²) in [5.74, 6) is 0.145. The van der Waals surface area contributed by atoms with E-state index in [1.165, 1.54) is 0 Å². The molecule has 0 heterocycles. The fourth-order valence-electron chi connectivity index (χ4n) is 2.60. The average Bonchev–Trinajstić information content (AvgIpc) is 2.35. The maximum atomic E-state index is 9.98. The minimum Gasteiger partial charge on any atom is -0.393 e. The molecular weight excluding hydrogens is 208 g/mol. The van der Waals surface area contributed by atoms with Gasteiger partial charge in [0.2, 0.25) is 0 Å². The van der Waals surface area contributed by atoms with E-state index >= 15 is 0 Å². The van der Waals surface area contributed by atoms with Gasteiger partial charge >= 0.3 is 0 Å². The number of ether oxygens (including phenoxy) is 3. The second-order valence-corrected chi connectivity index (χ2v) is 4.43. The molecular formula is C12H24O4. The highest BCUT2D eigenvalue weighted by Crippen LogP contribution is 2.33. The second kappa shape index (κ2) is 6.55. The molecule has 5 unspecified atom stereocenters. The molecule has 0 bridgehead atoms. The predicted octanol–water partition coefficient (Wildman–Crippen LogP) is 1.21. The van der Waals surface area contributed by atoms with Crippen LogP contribution >= 0.6 is 0 Å². The van der Waals surface area contributed by atoms with Gasteiger partial charge in [-0.05, 0) is 12.8 Å². The smallest absolute Gasteiger partial charge is 0.0857 e.